The number of aryl methyl sites for hydroxylation is 2. The van der Waals surface area contributed by atoms with Crippen molar-refractivity contribution in [1.82, 2.24) is 4.90 Å². The minimum Gasteiger partial charge on any atom is -0.391 e. The van der Waals surface area contributed by atoms with E-state index >= 15 is 0 Å². The molecule has 0 saturated carbocycles. The number of benzene rings is 2. The molecule has 2 aromatic rings. The van der Waals surface area contributed by atoms with Crippen molar-refractivity contribution >= 4 is 29.1 Å². The van der Waals surface area contributed by atoms with Gasteiger partial charge in [-0.3, -0.25) is 14.9 Å². The second kappa shape index (κ2) is 22.7. The topological polar surface area (TPSA) is 102 Å². The first-order chi connectivity index (χ1) is 22.9. The van der Waals surface area contributed by atoms with Gasteiger partial charge in [-0.15, -0.1) is 13.2 Å². The summed E-state index contributed by atoms with van der Waals surface area (Å²) < 4.78 is 5.47. The van der Waals surface area contributed by atoms with Crippen molar-refractivity contribution in [2.24, 2.45) is 15.7 Å². The number of aliphatic hydroxyl groups excluding tert-OH is 1. The predicted octanol–water partition coefficient (Wildman–Crippen LogP) is 5.97. The molecule has 0 radical (unpaired) electrons. The number of aliphatic imine (C=N–C) groups is 2. The molecule has 4 rings (SSSR count). The minimum atomic E-state index is -0.0600. The number of morpholine rings is 1. The van der Waals surface area contributed by atoms with Crippen LogP contribution in [0.4, 0.5) is 17.1 Å². The van der Waals surface area contributed by atoms with Crippen LogP contribution in [0.2, 0.25) is 0 Å². The van der Waals surface area contributed by atoms with Crippen LogP contribution in [0.3, 0.4) is 0 Å². The molecule has 4 N–H and O–H groups in total. The molecular formula is C38H59N7O2. The van der Waals surface area contributed by atoms with Crippen LogP contribution in [0.25, 0.3) is 0 Å². The summed E-state index contributed by atoms with van der Waals surface area (Å²) in [6, 6.07) is 13.4. The Morgan fingerprint density at radius 3 is 2.51 bits per heavy atom. The van der Waals surface area contributed by atoms with Crippen LogP contribution in [0, 0.1) is 13.8 Å². The Kier molecular flexibility index (Phi) is 19.0. The number of allylic oxidation sites excluding steroid dienone is 3. The highest BCUT2D eigenvalue weighted by Gasteiger charge is 2.21. The van der Waals surface area contributed by atoms with Gasteiger partial charge in [0.15, 0.2) is 0 Å². The smallest absolute Gasteiger partial charge is 0.120 e. The zero-order chi connectivity index (χ0) is 34.4. The lowest BCUT2D eigenvalue weighted by atomic mass is 10.1. The molecule has 0 atom stereocenters. The highest BCUT2D eigenvalue weighted by atomic mass is 16.5. The number of nitrogens with one attached hydrogen (secondary N) is 1. The van der Waals surface area contributed by atoms with Crippen LogP contribution in [-0.4, -0.2) is 94.2 Å². The molecule has 2 aliphatic rings. The number of aliphatic hydroxyl groups is 1. The summed E-state index contributed by atoms with van der Waals surface area (Å²) in [5.74, 6) is 0.995. The van der Waals surface area contributed by atoms with Crippen molar-refractivity contribution in [3.05, 3.63) is 90.2 Å². The van der Waals surface area contributed by atoms with Gasteiger partial charge in [0.25, 0.3) is 0 Å². The number of nitrogens with two attached hydrogens (primary N) is 1. The maximum absolute atomic E-state index is 8.98. The van der Waals surface area contributed by atoms with E-state index in [1.54, 1.807) is 0 Å². The number of hydrogen-bond acceptors (Lipinski definition) is 8. The molecule has 2 aromatic carbocycles. The second-order valence-electron chi connectivity index (χ2n) is 11.3. The summed E-state index contributed by atoms with van der Waals surface area (Å²) in [6.45, 7) is 25.3. The third-order valence-electron chi connectivity index (χ3n) is 7.58. The molecule has 0 bridgehead atoms. The Labute approximate surface area is 284 Å². The lowest BCUT2D eigenvalue weighted by Gasteiger charge is -2.33. The van der Waals surface area contributed by atoms with E-state index in [2.05, 4.69) is 94.5 Å². The molecule has 0 spiro atoms. The van der Waals surface area contributed by atoms with E-state index in [1.807, 2.05) is 32.9 Å². The highest BCUT2D eigenvalue weighted by Crippen LogP contribution is 2.32. The quantitative estimate of drug-likeness (QED) is 0.101. The Hall–Kier alpha value is -3.76. The van der Waals surface area contributed by atoms with Crippen LogP contribution in [-0.2, 0) is 11.3 Å². The Morgan fingerprint density at radius 2 is 1.83 bits per heavy atom. The highest BCUT2D eigenvalue weighted by molar-refractivity contribution is 6.04. The average Bonchev–Trinajstić information content (AvgIpc) is 3.09. The number of nitrogens with zero attached hydrogens (tertiary/aromatic N) is 5. The molecule has 2 heterocycles. The number of anilines is 3. The molecule has 0 aliphatic carbocycles. The van der Waals surface area contributed by atoms with Gasteiger partial charge in [-0.1, -0.05) is 38.1 Å². The first kappa shape index (κ1) is 39.4. The molecule has 0 amide bonds. The summed E-state index contributed by atoms with van der Waals surface area (Å²) in [5.41, 5.74) is 14.1. The van der Waals surface area contributed by atoms with Crippen LogP contribution in [0.5, 0.6) is 0 Å². The molecule has 258 valence electrons. The van der Waals surface area contributed by atoms with Crippen LogP contribution in [0.1, 0.15) is 43.9 Å². The van der Waals surface area contributed by atoms with Gasteiger partial charge < -0.3 is 30.7 Å². The van der Waals surface area contributed by atoms with E-state index in [0.717, 1.165) is 82.7 Å². The molecule has 0 aromatic heterocycles. The minimum absolute atomic E-state index is 0.0600. The first-order valence-corrected chi connectivity index (χ1v) is 16.9. The predicted molar refractivity (Wildman–Crippen MR) is 204 cm³/mol. The lowest BCUT2D eigenvalue weighted by molar-refractivity contribution is 0.0377. The molecule has 47 heavy (non-hydrogen) atoms. The fourth-order valence-electron chi connectivity index (χ4n) is 5.52. The zero-order valence-corrected chi connectivity index (χ0v) is 29.5. The maximum atomic E-state index is 8.98. The van der Waals surface area contributed by atoms with Gasteiger partial charge in [-0.05, 0) is 74.2 Å². The fourth-order valence-corrected chi connectivity index (χ4v) is 5.52. The second-order valence-corrected chi connectivity index (χ2v) is 11.3. The summed E-state index contributed by atoms with van der Waals surface area (Å²) in [5, 5.41) is 12.6. The summed E-state index contributed by atoms with van der Waals surface area (Å²) in [4.78, 5) is 16.4. The van der Waals surface area contributed by atoms with Crippen LogP contribution < -0.4 is 20.9 Å². The maximum Gasteiger partial charge on any atom is 0.120 e. The number of hydrogen-bond donors (Lipinski definition) is 3. The van der Waals surface area contributed by atoms with Gasteiger partial charge in [0.05, 0.1) is 37.7 Å². The van der Waals surface area contributed by atoms with E-state index in [9.17, 15) is 0 Å². The van der Waals surface area contributed by atoms with Crippen molar-refractivity contribution in [1.29, 1.82) is 0 Å². The Balaban J connectivity index is 0.00000185. The summed E-state index contributed by atoms with van der Waals surface area (Å²) >= 11 is 0. The van der Waals surface area contributed by atoms with Crippen molar-refractivity contribution in [2.45, 2.75) is 47.6 Å². The van der Waals surface area contributed by atoms with Gasteiger partial charge in [-0.2, -0.15) is 0 Å². The van der Waals surface area contributed by atoms with E-state index in [0.29, 0.717) is 13.1 Å². The van der Waals surface area contributed by atoms with E-state index in [1.165, 1.54) is 34.3 Å². The normalized spacial score (nSPS) is 15.9. The summed E-state index contributed by atoms with van der Waals surface area (Å²) in [7, 11) is 0. The fraction of sp³-hybridized carbons (Fsp3) is 0.474. The zero-order valence-electron chi connectivity index (χ0n) is 29.5. The molecule has 1 saturated heterocycles. The molecule has 9 nitrogen and oxygen atoms in total. The van der Waals surface area contributed by atoms with Gasteiger partial charge in [0.2, 0.25) is 0 Å². The van der Waals surface area contributed by atoms with Gasteiger partial charge >= 0.3 is 0 Å². The van der Waals surface area contributed by atoms with E-state index in [-0.39, 0.29) is 6.61 Å². The largest absolute Gasteiger partial charge is 0.391 e. The Bertz CT molecular complexity index is 1290. The monoisotopic (exact) mass is 645 g/mol. The number of ether oxygens (including phenoxy) is 1. The van der Waals surface area contributed by atoms with Gasteiger partial charge in [0, 0.05) is 70.0 Å². The molecule has 2 aliphatic heterocycles. The third kappa shape index (κ3) is 13.9. The third-order valence-corrected chi connectivity index (χ3v) is 7.58. The molecule has 9 heteroatoms. The van der Waals surface area contributed by atoms with Crippen LogP contribution in [0.15, 0.2) is 83.5 Å². The van der Waals surface area contributed by atoms with E-state index in [4.69, 9.17) is 20.6 Å². The van der Waals surface area contributed by atoms with Crippen molar-refractivity contribution in [3.63, 3.8) is 0 Å². The van der Waals surface area contributed by atoms with E-state index < -0.39 is 0 Å². The standard InChI is InChI=1S/C34H49N7O2.C2H6.C2H4/c1-27-21-28(2)23-31(22-27)40(15-10-35)25-30-8-9-32-33(24-30)41(14-5-4-7-29(3)36-12-18-42)26-34(38-32)37-11-6-13-39-16-19-43-20-17-39;2*1-2/h4-5,7-9,12,21-24,42H,6,10-11,13-20,25-26,35H2,1-3H3,(H,37,38);1-2H3;1-2H2/b5-4-,29-7-,36-12?;;. The Morgan fingerprint density at radius 1 is 1.11 bits per heavy atom. The molecule has 0 unspecified atom stereocenters. The van der Waals surface area contributed by atoms with Gasteiger partial charge in [-0.25, -0.2) is 0 Å². The van der Waals surface area contributed by atoms with Gasteiger partial charge in [0.1, 0.15) is 5.84 Å². The molecule has 1 fully saturated rings. The molecular weight excluding hydrogens is 586 g/mol. The lowest BCUT2D eigenvalue weighted by Crippen LogP contribution is -2.39. The van der Waals surface area contributed by atoms with Crippen LogP contribution >= 0.6 is 0 Å². The SMILES string of the molecule is C/C(=C/C=C\CN1CC(=NCCCN2CCOCC2)Nc2ccc(CN(CCN)c3cc(C)cc(C)c3)cc21)N=CCO.C=C.CC. The van der Waals surface area contributed by atoms with Crippen molar-refractivity contribution in [2.75, 3.05) is 87.3 Å². The summed E-state index contributed by atoms with van der Waals surface area (Å²) in [6.07, 6.45) is 8.66. The number of fused-ring (bicyclic) bond motifs is 1. The number of rotatable bonds is 14. The van der Waals surface area contributed by atoms with Crippen molar-refractivity contribution < 1.29 is 9.84 Å². The van der Waals surface area contributed by atoms with Crippen molar-refractivity contribution in [3.8, 4) is 0 Å². The number of amidine groups is 1. The average molecular weight is 646 g/mol. The first-order valence-electron chi connectivity index (χ1n) is 16.9.